The standard InChI is InChI=1S/C9H17NO2/c1-3-5-9(12)10-7-4-6-8(2)11/h3-7H2,1-2H3,(H,10,12). The first-order valence-corrected chi connectivity index (χ1v) is 4.43. The van der Waals surface area contributed by atoms with Crippen molar-refractivity contribution in [3.63, 3.8) is 0 Å². The highest BCUT2D eigenvalue weighted by atomic mass is 16.1. The van der Waals surface area contributed by atoms with E-state index in [9.17, 15) is 9.59 Å². The summed E-state index contributed by atoms with van der Waals surface area (Å²) in [5.41, 5.74) is 0. The molecule has 0 aromatic carbocycles. The average molecular weight is 171 g/mol. The van der Waals surface area contributed by atoms with Gasteiger partial charge in [-0.25, -0.2) is 0 Å². The Hall–Kier alpha value is -0.860. The lowest BCUT2D eigenvalue weighted by Gasteiger charge is -2.01. The minimum absolute atomic E-state index is 0.0843. The molecule has 1 N–H and O–H groups in total. The van der Waals surface area contributed by atoms with Crippen LogP contribution in [-0.4, -0.2) is 18.2 Å². The van der Waals surface area contributed by atoms with Crippen LogP contribution >= 0.6 is 0 Å². The number of ketones is 1. The lowest BCUT2D eigenvalue weighted by molar-refractivity contribution is -0.121. The van der Waals surface area contributed by atoms with Crippen LogP contribution in [0.2, 0.25) is 0 Å². The summed E-state index contributed by atoms with van der Waals surface area (Å²) in [6.45, 7) is 4.15. The molecule has 0 bridgehead atoms. The third-order valence-corrected chi connectivity index (χ3v) is 1.50. The van der Waals surface area contributed by atoms with Crippen molar-refractivity contribution < 1.29 is 9.59 Å². The number of nitrogens with one attached hydrogen (secondary N) is 1. The number of carbonyl (C=O) groups is 2. The Balaban J connectivity index is 3.19. The van der Waals surface area contributed by atoms with Crippen molar-refractivity contribution >= 4 is 11.7 Å². The Morgan fingerprint density at radius 3 is 2.42 bits per heavy atom. The van der Waals surface area contributed by atoms with E-state index in [1.165, 1.54) is 0 Å². The molecule has 0 aromatic heterocycles. The second kappa shape index (κ2) is 6.83. The van der Waals surface area contributed by atoms with E-state index in [4.69, 9.17) is 0 Å². The highest BCUT2D eigenvalue weighted by Crippen LogP contribution is 1.89. The van der Waals surface area contributed by atoms with Crippen LogP contribution in [-0.2, 0) is 9.59 Å². The lowest BCUT2D eigenvalue weighted by Crippen LogP contribution is -2.24. The first-order chi connectivity index (χ1) is 5.66. The van der Waals surface area contributed by atoms with Gasteiger partial charge >= 0.3 is 0 Å². The molecule has 0 spiro atoms. The summed E-state index contributed by atoms with van der Waals surface area (Å²) >= 11 is 0. The van der Waals surface area contributed by atoms with Gasteiger partial charge in [-0.1, -0.05) is 6.92 Å². The molecule has 0 heterocycles. The zero-order valence-corrected chi connectivity index (χ0v) is 7.85. The van der Waals surface area contributed by atoms with Crippen LogP contribution in [0.3, 0.4) is 0 Å². The molecule has 0 saturated carbocycles. The van der Waals surface area contributed by atoms with Crippen LogP contribution in [0.15, 0.2) is 0 Å². The molecule has 70 valence electrons. The largest absolute Gasteiger partial charge is 0.356 e. The molecule has 0 radical (unpaired) electrons. The number of hydrogen-bond donors (Lipinski definition) is 1. The van der Waals surface area contributed by atoms with Crippen LogP contribution in [0.4, 0.5) is 0 Å². The quantitative estimate of drug-likeness (QED) is 0.612. The fourth-order valence-electron chi connectivity index (χ4n) is 0.881. The Kier molecular flexibility index (Phi) is 6.34. The minimum Gasteiger partial charge on any atom is -0.356 e. The maximum absolute atomic E-state index is 10.9. The fraction of sp³-hybridized carbons (Fsp3) is 0.778. The Morgan fingerprint density at radius 2 is 1.92 bits per heavy atom. The first-order valence-electron chi connectivity index (χ1n) is 4.43. The third-order valence-electron chi connectivity index (χ3n) is 1.50. The molecule has 0 aliphatic carbocycles. The van der Waals surface area contributed by atoms with Crippen molar-refractivity contribution in [1.82, 2.24) is 5.32 Å². The predicted octanol–water partition coefficient (Wildman–Crippen LogP) is 1.27. The van der Waals surface area contributed by atoms with Gasteiger partial charge in [-0.15, -0.1) is 0 Å². The van der Waals surface area contributed by atoms with Crippen LogP contribution in [0.5, 0.6) is 0 Å². The van der Waals surface area contributed by atoms with Crippen LogP contribution < -0.4 is 5.32 Å². The van der Waals surface area contributed by atoms with Gasteiger partial charge < -0.3 is 10.1 Å². The van der Waals surface area contributed by atoms with Crippen LogP contribution in [0, 0.1) is 0 Å². The number of rotatable bonds is 6. The summed E-state index contributed by atoms with van der Waals surface area (Å²) < 4.78 is 0. The van der Waals surface area contributed by atoms with Gasteiger partial charge in [-0.2, -0.15) is 0 Å². The van der Waals surface area contributed by atoms with Gasteiger partial charge in [-0.3, -0.25) is 4.79 Å². The van der Waals surface area contributed by atoms with E-state index in [1.54, 1.807) is 6.92 Å². The number of amides is 1. The monoisotopic (exact) mass is 171 g/mol. The zero-order valence-electron chi connectivity index (χ0n) is 7.85. The smallest absolute Gasteiger partial charge is 0.219 e. The highest BCUT2D eigenvalue weighted by molar-refractivity contribution is 5.76. The van der Waals surface area contributed by atoms with Crippen molar-refractivity contribution in [2.75, 3.05) is 6.54 Å². The molecule has 3 nitrogen and oxygen atoms in total. The SMILES string of the molecule is CCCC(=O)NCCCC(C)=O. The highest BCUT2D eigenvalue weighted by Gasteiger charge is 1.98. The molecule has 0 fully saturated rings. The second-order valence-electron chi connectivity index (χ2n) is 2.91. The van der Waals surface area contributed by atoms with Crippen molar-refractivity contribution in [2.24, 2.45) is 0 Å². The van der Waals surface area contributed by atoms with Crippen LogP contribution in [0.25, 0.3) is 0 Å². The van der Waals surface area contributed by atoms with Crippen molar-refractivity contribution in [3.8, 4) is 0 Å². The molecule has 0 aliphatic rings. The molecule has 0 atom stereocenters. The molecule has 3 heteroatoms. The first kappa shape index (κ1) is 11.1. The summed E-state index contributed by atoms with van der Waals surface area (Å²) in [5.74, 6) is 0.265. The lowest BCUT2D eigenvalue weighted by atomic mass is 10.2. The van der Waals surface area contributed by atoms with Gasteiger partial charge in [0, 0.05) is 19.4 Å². The molecular weight excluding hydrogens is 154 g/mol. The fourth-order valence-corrected chi connectivity index (χ4v) is 0.881. The van der Waals surface area contributed by atoms with Crippen molar-refractivity contribution in [1.29, 1.82) is 0 Å². The van der Waals surface area contributed by atoms with Gasteiger partial charge in [0.15, 0.2) is 0 Å². The van der Waals surface area contributed by atoms with E-state index in [2.05, 4.69) is 5.32 Å². The molecule has 12 heavy (non-hydrogen) atoms. The number of hydrogen-bond acceptors (Lipinski definition) is 2. The van der Waals surface area contributed by atoms with E-state index < -0.39 is 0 Å². The normalized spacial score (nSPS) is 9.50. The van der Waals surface area contributed by atoms with E-state index in [1.807, 2.05) is 6.92 Å². The molecule has 0 aliphatic heterocycles. The van der Waals surface area contributed by atoms with E-state index in [0.717, 1.165) is 12.8 Å². The third kappa shape index (κ3) is 7.25. The Labute approximate surface area is 73.5 Å². The molecule has 0 unspecified atom stereocenters. The molecule has 0 saturated heterocycles. The van der Waals surface area contributed by atoms with Crippen LogP contribution in [0.1, 0.15) is 39.5 Å². The average Bonchev–Trinajstić information content (AvgIpc) is 1.98. The summed E-state index contributed by atoms with van der Waals surface area (Å²) in [5, 5.41) is 2.75. The van der Waals surface area contributed by atoms with E-state index in [0.29, 0.717) is 19.4 Å². The van der Waals surface area contributed by atoms with Gasteiger partial charge in [0.05, 0.1) is 0 Å². The molecule has 0 rings (SSSR count). The summed E-state index contributed by atoms with van der Waals surface area (Å²) in [6, 6.07) is 0. The van der Waals surface area contributed by atoms with Crippen molar-refractivity contribution in [3.05, 3.63) is 0 Å². The van der Waals surface area contributed by atoms with Crippen molar-refractivity contribution in [2.45, 2.75) is 39.5 Å². The predicted molar refractivity (Wildman–Crippen MR) is 47.8 cm³/mol. The zero-order chi connectivity index (χ0) is 9.40. The topological polar surface area (TPSA) is 46.2 Å². The minimum atomic E-state index is 0.0843. The Bertz CT molecular complexity index is 155. The number of Topliss-reactive ketones (excluding diaryl/α,β-unsaturated/α-hetero) is 1. The van der Waals surface area contributed by atoms with E-state index in [-0.39, 0.29) is 11.7 Å². The maximum Gasteiger partial charge on any atom is 0.219 e. The Morgan fingerprint density at radius 1 is 1.25 bits per heavy atom. The molecule has 0 aromatic rings. The second-order valence-corrected chi connectivity index (χ2v) is 2.91. The molecular formula is C9H17NO2. The summed E-state index contributed by atoms with van der Waals surface area (Å²) in [6.07, 6.45) is 2.77. The van der Waals surface area contributed by atoms with E-state index >= 15 is 0 Å². The number of carbonyl (C=O) groups excluding carboxylic acids is 2. The van der Waals surface area contributed by atoms with Gasteiger partial charge in [0.1, 0.15) is 5.78 Å². The van der Waals surface area contributed by atoms with Gasteiger partial charge in [-0.05, 0) is 19.8 Å². The molecule has 1 amide bonds. The van der Waals surface area contributed by atoms with Gasteiger partial charge in [0.25, 0.3) is 0 Å². The van der Waals surface area contributed by atoms with Gasteiger partial charge in [0.2, 0.25) is 5.91 Å². The summed E-state index contributed by atoms with van der Waals surface area (Å²) in [7, 11) is 0. The maximum atomic E-state index is 10.9. The summed E-state index contributed by atoms with van der Waals surface area (Å²) in [4.78, 5) is 21.4.